The minimum absolute atomic E-state index is 0.0296. The van der Waals surface area contributed by atoms with Crippen LogP contribution in [-0.2, 0) is 17.9 Å². The molecule has 0 aromatic carbocycles. The first kappa shape index (κ1) is 23.1. The monoisotopic (exact) mass is 494 g/mol. The molecule has 2 fully saturated rings. The molecule has 1 amide bonds. The number of pyridine rings is 1. The zero-order valence-corrected chi connectivity index (χ0v) is 21.0. The van der Waals surface area contributed by atoms with Crippen LogP contribution < -0.4 is 5.56 Å². The molecule has 0 bridgehead atoms. The van der Waals surface area contributed by atoms with Crippen molar-refractivity contribution >= 4 is 22.8 Å². The molecule has 0 saturated carbocycles. The van der Waals surface area contributed by atoms with Gasteiger partial charge in [0.25, 0.3) is 5.56 Å². The Balaban J connectivity index is 1.39. The van der Waals surface area contributed by atoms with Gasteiger partial charge in [-0.15, -0.1) is 11.3 Å². The average Bonchev–Trinajstić information content (AvgIpc) is 3.61. The highest BCUT2D eigenvalue weighted by molar-refractivity contribution is 7.09. The normalized spacial score (nSPS) is 28.6. The number of thiazole rings is 1. The van der Waals surface area contributed by atoms with Crippen LogP contribution in [0.2, 0.25) is 0 Å². The average molecular weight is 495 g/mol. The third-order valence-electron chi connectivity index (χ3n) is 8.55. The van der Waals surface area contributed by atoms with Gasteiger partial charge in [0.1, 0.15) is 5.01 Å². The number of fused-ring (bicyclic) bond motifs is 3. The lowest BCUT2D eigenvalue weighted by Crippen LogP contribution is -2.51. The van der Waals surface area contributed by atoms with E-state index in [2.05, 4.69) is 22.0 Å². The number of aliphatic hydroxyl groups is 1. The number of piperidine rings is 1. The van der Waals surface area contributed by atoms with Gasteiger partial charge in [0.15, 0.2) is 0 Å². The Hall–Kier alpha value is -2.29. The van der Waals surface area contributed by atoms with Crippen LogP contribution in [0.4, 0.5) is 0 Å². The van der Waals surface area contributed by atoms with Gasteiger partial charge in [-0.05, 0) is 62.7 Å². The van der Waals surface area contributed by atoms with Crippen LogP contribution >= 0.6 is 11.3 Å². The number of amides is 1. The van der Waals surface area contributed by atoms with Gasteiger partial charge in [-0.2, -0.15) is 0 Å². The summed E-state index contributed by atoms with van der Waals surface area (Å²) in [6.07, 6.45) is 11.6. The molecule has 0 spiro atoms. The van der Waals surface area contributed by atoms with E-state index in [0.717, 1.165) is 61.5 Å². The minimum atomic E-state index is -0.387. The molecule has 7 nitrogen and oxygen atoms in total. The summed E-state index contributed by atoms with van der Waals surface area (Å²) in [6, 6.07) is 3.65. The Labute approximate surface area is 210 Å². The summed E-state index contributed by atoms with van der Waals surface area (Å²) in [5.74, 6) is -0.0411. The SMILES string of the molecule is O=C([C@@H]1[C@@H](CO)[C@@H]2Cn3c(ccc(C4=CCCCC4)c3=O)[C@@H]2N1Cc1nccs1)N1CCCCC1. The van der Waals surface area contributed by atoms with Crippen LogP contribution in [0.3, 0.4) is 0 Å². The third kappa shape index (κ3) is 3.99. The van der Waals surface area contributed by atoms with Crippen LogP contribution in [0.25, 0.3) is 5.57 Å². The first-order chi connectivity index (χ1) is 17.2. The van der Waals surface area contributed by atoms with Crippen LogP contribution in [0.5, 0.6) is 0 Å². The maximum atomic E-state index is 13.9. The second-order valence-electron chi connectivity index (χ2n) is 10.4. The van der Waals surface area contributed by atoms with Crippen molar-refractivity contribution in [3.8, 4) is 0 Å². The number of nitrogens with zero attached hydrogens (tertiary/aromatic N) is 4. The van der Waals surface area contributed by atoms with E-state index in [1.807, 2.05) is 20.9 Å². The third-order valence-corrected chi connectivity index (χ3v) is 9.31. The van der Waals surface area contributed by atoms with Gasteiger partial charge in [-0.25, -0.2) is 4.98 Å². The molecule has 1 aliphatic carbocycles. The summed E-state index contributed by atoms with van der Waals surface area (Å²) in [4.78, 5) is 36.2. The highest BCUT2D eigenvalue weighted by atomic mass is 32.1. The number of aliphatic hydroxyl groups excluding tert-OH is 1. The number of hydrogen-bond acceptors (Lipinski definition) is 6. The molecule has 3 aliphatic heterocycles. The standard InChI is InChI=1S/C27H34N4O3S/c32-17-21-20-15-30-22(10-9-19(26(30)33)18-7-3-1-4-8-18)24(20)31(16-23-28-11-14-35-23)25(21)27(34)29-12-5-2-6-13-29/h7,9-11,14,20-21,24-25,32H,1-6,8,12-13,15-17H2/t20-,21-,24+,25-/m0/s1. The van der Waals surface area contributed by atoms with E-state index < -0.39 is 0 Å². The lowest BCUT2D eigenvalue weighted by Gasteiger charge is -2.36. The summed E-state index contributed by atoms with van der Waals surface area (Å²) in [5, 5.41) is 13.5. The molecular weight excluding hydrogens is 460 g/mol. The Bertz CT molecular complexity index is 1170. The number of rotatable bonds is 5. The molecule has 8 heteroatoms. The number of likely N-dealkylation sites (tertiary alicyclic amines) is 2. The Morgan fingerprint density at radius 2 is 2.00 bits per heavy atom. The first-order valence-electron chi connectivity index (χ1n) is 13.1. The van der Waals surface area contributed by atoms with Crippen molar-refractivity contribution in [1.29, 1.82) is 0 Å². The molecule has 2 aromatic heterocycles. The smallest absolute Gasteiger partial charge is 0.258 e. The van der Waals surface area contributed by atoms with Crippen molar-refractivity contribution in [3.63, 3.8) is 0 Å². The summed E-state index contributed by atoms with van der Waals surface area (Å²) in [7, 11) is 0. The second-order valence-corrected chi connectivity index (χ2v) is 11.4. The van der Waals surface area contributed by atoms with Crippen molar-refractivity contribution in [2.75, 3.05) is 19.7 Å². The number of allylic oxidation sites excluding steroid dienone is 2. The highest BCUT2D eigenvalue weighted by Crippen LogP contribution is 2.50. The molecule has 1 N–H and O–H groups in total. The van der Waals surface area contributed by atoms with E-state index in [9.17, 15) is 14.7 Å². The first-order valence-corrected chi connectivity index (χ1v) is 14.0. The number of carbonyl (C=O) groups is 1. The van der Waals surface area contributed by atoms with Crippen LogP contribution in [0, 0.1) is 11.8 Å². The van der Waals surface area contributed by atoms with Crippen LogP contribution in [0.15, 0.2) is 34.6 Å². The molecule has 2 aromatic rings. The topological polar surface area (TPSA) is 78.7 Å². The molecule has 2 saturated heterocycles. The van der Waals surface area contributed by atoms with E-state index in [1.54, 1.807) is 17.5 Å². The molecule has 4 aliphatic rings. The van der Waals surface area contributed by atoms with Crippen molar-refractivity contribution in [3.05, 3.63) is 56.4 Å². The Morgan fingerprint density at radius 1 is 1.14 bits per heavy atom. The Kier molecular flexibility index (Phi) is 6.37. The van der Waals surface area contributed by atoms with Gasteiger partial charge in [0, 0.05) is 60.9 Å². The van der Waals surface area contributed by atoms with E-state index in [4.69, 9.17) is 0 Å². The number of carbonyl (C=O) groups excluding carboxylic acids is 1. The van der Waals surface area contributed by atoms with Crippen molar-refractivity contribution < 1.29 is 9.90 Å². The Morgan fingerprint density at radius 3 is 2.71 bits per heavy atom. The number of hydrogen-bond donors (Lipinski definition) is 1. The maximum absolute atomic E-state index is 13.9. The minimum Gasteiger partial charge on any atom is -0.396 e. The predicted octanol–water partition coefficient (Wildman–Crippen LogP) is 3.44. The molecule has 0 unspecified atom stereocenters. The molecule has 5 heterocycles. The number of aromatic nitrogens is 2. The fourth-order valence-corrected chi connectivity index (χ4v) is 7.50. The van der Waals surface area contributed by atoms with E-state index in [-0.39, 0.29) is 42.0 Å². The van der Waals surface area contributed by atoms with Gasteiger partial charge in [0.05, 0.1) is 18.6 Å². The maximum Gasteiger partial charge on any atom is 0.258 e. The second kappa shape index (κ2) is 9.64. The zero-order valence-electron chi connectivity index (χ0n) is 20.1. The van der Waals surface area contributed by atoms with Crippen LogP contribution in [-0.4, -0.2) is 56.1 Å². The largest absolute Gasteiger partial charge is 0.396 e. The molecule has 6 rings (SSSR count). The fraction of sp³-hybridized carbons (Fsp3) is 0.593. The fourth-order valence-electron chi connectivity index (χ4n) is 6.88. The summed E-state index contributed by atoms with van der Waals surface area (Å²) in [6.45, 7) is 2.65. The highest BCUT2D eigenvalue weighted by Gasteiger charge is 2.56. The van der Waals surface area contributed by atoms with Crippen LogP contribution in [0.1, 0.15) is 67.3 Å². The summed E-state index contributed by atoms with van der Waals surface area (Å²) < 4.78 is 1.93. The molecule has 0 radical (unpaired) electrons. The van der Waals surface area contributed by atoms with Gasteiger partial charge in [-0.3, -0.25) is 14.5 Å². The zero-order chi connectivity index (χ0) is 23.9. The van der Waals surface area contributed by atoms with E-state index in [0.29, 0.717) is 13.1 Å². The van der Waals surface area contributed by atoms with Gasteiger partial charge in [-0.1, -0.05) is 6.08 Å². The predicted molar refractivity (Wildman–Crippen MR) is 136 cm³/mol. The molecule has 186 valence electrons. The van der Waals surface area contributed by atoms with Crippen molar-refractivity contribution in [2.24, 2.45) is 11.8 Å². The molecule has 35 heavy (non-hydrogen) atoms. The summed E-state index contributed by atoms with van der Waals surface area (Å²) >= 11 is 1.59. The van der Waals surface area contributed by atoms with Gasteiger partial charge < -0.3 is 14.6 Å². The van der Waals surface area contributed by atoms with E-state index >= 15 is 0 Å². The molecular formula is C27H34N4O3S. The van der Waals surface area contributed by atoms with Crippen molar-refractivity contribution in [1.82, 2.24) is 19.4 Å². The van der Waals surface area contributed by atoms with Gasteiger partial charge in [0.2, 0.25) is 5.91 Å². The van der Waals surface area contributed by atoms with Crippen molar-refractivity contribution in [2.45, 2.75) is 70.1 Å². The quantitative estimate of drug-likeness (QED) is 0.689. The lowest BCUT2D eigenvalue weighted by atomic mass is 9.88. The summed E-state index contributed by atoms with van der Waals surface area (Å²) in [5.41, 5.74) is 3.05. The lowest BCUT2D eigenvalue weighted by molar-refractivity contribution is -0.139. The molecule has 4 atom stereocenters. The van der Waals surface area contributed by atoms with Gasteiger partial charge >= 0.3 is 0 Å². The van der Waals surface area contributed by atoms with E-state index in [1.165, 1.54) is 18.4 Å².